The second kappa shape index (κ2) is 9.47. The molecule has 0 aliphatic carbocycles. The fraction of sp³-hybridized carbons (Fsp3) is 0.533. The fourth-order valence-corrected chi connectivity index (χ4v) is 2.48. The first-order valence-electron chi connectivity index (χ1n) is 8.54. The van der Waals surface area contributed by atoms with Crippen LogP contribution in [0.1, 0.15) is 12.6 Å². The highest BCUT2D eigenvalue weighted by Crippen LogP contribution is 2.32. The van der Waals surface area contributed by atoms with E-state index in [1.807, 2.05) is 0 Å². The third kappa shape index (κ3) is 6.81. The van der Waals surface area contributed by atoms with Gasteiger partial charge in [-0.1, -0.05) is 0 Å². The van der Waals surface area contributed by atoms with Gasteiger partial charge in [0.25, 0.3) is 0 Å². The van der Waals surface area contributed by atoms with Gasteiger partial charge in [-0.3, -0.25) is 9.36 Å². The zero-order chi connectivity index (χ0) is 26.1. The van der Waals surface area contributed by atoms with Gasteiger partial charge in [0.2, 0.25) is 0 Å². The van der Waals surface area contributed by atoms with E-state index in [-0.39, 0.29) is 0 Å². The molecule has 1 fully saturated rings. The standard InChI is InChI=1S/C15H10F9N3O7/c16-13(17,18)9(28)25-7-1-2-27(12(31)26-7)8-3-5(34-11(30)15(22,23)24)6(33-8)4-32-10(29)14(19,20)21/h1-2,5-6,8H,3-4H2,(H,25,26,28,31)/t5-,6+,8+/m0/s1. The molecular weight excluding hydrogens is 505 g/mol. The molecule has 3 atom stereocenters. The van der Waals surface area contributed by atoms with Crippen molar-refractivity contribution in [3.05, 3.63) is 22.7 Å². The van der Waals surface area contributed by atoms with Crippen LogP contribution in [-0.4, -0.2) is 64.7 Å². The Kier molecular flexibility index (Phi) is 7.48. The summed E-state index contributed by atoms with van der Waals surface area (Å²) in [5, 5.41) is 1.26. The molecule has 10 nitrogen and oxygen atoms in total. The third-order valence-corrected chi connectivity index (χ3v) is 3.92. The van der Waals surface area contributed by atoms with Gasteiger partial charge in [0.1, 0.15) is 30.9 Å². The van der Waals surface area contributed by atoms with Crippen LogP contribution >= 0.6 is 0 Å². The molecule has 1 aromatic heterocycles. The summed E-state index contributed by atoms with van der Waals surface area (Å²) in [4.78, 5) is 48.0. The monoisotopic (exact) mass is 515 g/mol. The number of nitrogens with zero attached hydrogens (tertiary/aromatic N) is 2. The molecule has 1 aliphatic heterocycles. The Hall–Kier alpha value is -3.38. The molecule has 19 heteroatoms. The average molecular weight is 515 g/mol. The van der Waals surface area contributed by atoms with Crippen LogP contribution in [-0.2, 0) is 28.6 Å². The highest BCUT2D eigenvalue weighted by atomic mass is 19.4. The number of carbonyl (C=O) groups is 3. The van der Waals surface area contributed by atoms with Crippen molar-refractivity contribution in [3.8, 4) is 0 Å². The number of anilines is 1. The zero-order valence-electron chi connectivity index (χ0n) is 16.0. The Labute approximate surface area is 180 Å². The molecule has 2 heterocycles. The molecule has 1 aliphatic rings. The first-order valence-corrected chi connectivity index (χ1v) is 8.54. The Morgan fingerprint density at radius 3 is 2.12 bits per heavy atom. The maximum Gasteiger partial charge on any atom is 0.490 e. The second-order valence-corrected chi connectivity index (χ2v) is 6.36. The lowest BCUT2D eigenvalue weighted by molar-refractivity contribution is -0.212. The molecule has 1 N–H and O–H groups in total. The maximum absolute atomic E-state index is 12.5. The summed E-state index contributed by atoms with van der Waals surface area (Å²) >= 11 is 0. The highest BCUT2D eigenvalue weighted by Gasteiger charge is 2.48. The van der Waals surface area contributed by atoms with Gasteiger partial charge >= 0.3 is 42.1 Å². The van der Waals surface area contributed by atoms with Crippen LogP contribution in [0, 0.1) is 0 Å². The molecule has 1 aromatic rings. The van der Waals surface area contributed by atoms with Crippen molar-refractivity contribution in [2.75, 3.05) is 11.9 Å². The van der Waals surface area contributed by atoms with Crippen LogP contribution in [0.4, 0.5) is 45.3 Å². The minimum absolute atomic E-state index is 0.475. The van der Waals surface area contributed by atoms with Crippen LogP contribution in [0.5, 0.6) is 0 Å². The van der Waals surface area contributed by atoms with Crippen molar-refractivity contribution in [3.63, 3.8) is 0 Å². The molecule has 0 radical (unpaired) electrons. The van der Waals surface area contributed by atoms with E-state index in [1.165, 1.54) is 5.32 Å². The molecule has 2 rings (SSSR count). The summed E-state index contributed by atoms with van der Waals surface area (Å²) in [5.41, 5.74) is -1.40. The summed E-state index contributed by atoms with van der Waals surface area (Å²) in [5.74, 6) is -8.83. The zero-order valence-corrected chi connectivity index (χ0v) is 16.0. The lowest BCUT2D eigenvalue weighted by Crippen LogP contribution is -2.37. The van der Waals surface area contributed by atoms with Gasteiger partial charge in [0, 0.05) is 12.6 Å². The molecular formula is C15H10F9N3O7. The largest absolute Gasteiger partial charge is 0.490 e. The second-order valence-electron chi connectivity index (χ2n) is 6.36. The highest BCUT2D eigenvalue weighted by molar-refractivity contribution is 5.94. The van der Waals surface area contributed by atoms with E-state index < -0.39 is 79.3 Å². The number of halogens is 9. The number of carbonyl (C=O) groups excluding carboxylic acids is 3. The molecule has 0 bridgehead atoms. The smallest absolute Gasteiger partial charge is 0.456 e. The topological polar surface area (TPSA) is 126 Å². The van der Waals surface area contributed by atoms with E-state index >= 15 is 0 Å². The molecule has 1 saturated heterocycles. The van der Waals surface area contributed by atoms with Crippen LogP contribution in [0.15, 0.2) is 17.1 Å². The van der Waals surface area contributed by atoms with Gasteiger partial charge in [-0.2, -0.15) is 44.5 Å². The molecule has 0 saturated carbocycles. The maximum atomic E-state index is 12.5. The number of alkyl halides is 9. The number of nitrogens with one attached hydrogen (secondary N) is 1. The first-order chi connectivity index (χ1) is 15.4. The van der Waals surface area contributed by atoms with Gasteiger partial charge in [0.15, 0.2) is 0 Å². The van der Waals surface area contributed by atoms with Crippen LogP contribution < -0.4 is 11.0 Å². The van der Waals surface area contributed by atoms with E-state index in [0.717, 1.165) is 0 Å². The number of hydrogen-bond donors (Lipinski definition) is 1. The molecule has 0 unspecified atom stereocenters. The number of rotatable bonds is 5. The van der Waals surface area contributed by atoms with Gasteiger partial charge in [0.05, 0.1) is 0 Å². The molecule has 0 spiro atoms. The van der Waals surface area contributed by atoms with Crippen LogP contribution in [0.25, 0.3) is 0 Å². The van der Waals surface area contributed by atoms with Crippen LogP contribution in [0.2, 0.25) is 0 Å². The summed E-state index contributed by atoms with van der Waals surface area (Å²) in [6.07, 6.45) is -21.9. The van der Waals surface area contributed by atoms with Crippen molar-refractivity contribution in [1.82, 2.24) is 9.55 Å². The minimum Gasteiger partial charge on any atom is -0.456 e. The molecule has 0 aromatic carbocycles. The number of amides is 1. The van der Waals surface area contributed by atoms with E-state index in [0.29, 0.717) is 16.8 Å². The third-order valence-electron chi connectivity index (χ3n) is 3.92. The number of hydrogen-bond acceptors (Lipinski definition) is 8. The SMILES string of the molecule is O=C(Nc1ccn([C@H]2C[C@H](OC(=O)C(F)(F)F)[C@@H](COC(=O)C(F)(F)F)O2)c(=O)n1)C(F)(F)F. The predicted molar refractivity (Wildman–Crippen MR) is 84.7 cm³/mol. The lowest BCUT2D eigenvalue weighted by Gasteiger charge is -2.19. The van der Waals surface area contributed by atoms with Gasteiger partial charge < -0.3 is 19.5 Å². The summed E-state index contributed by atoms with van der Waals surface area (Å²) in [6, 6.07) is 0.669. The lowest BCUT2D eigenvalue weighted by atomic mass is 10.2. The summed E-state index contributed by atoms with van der Waals surface area (Å²) < 4.78 is 125. The Bertz CT molecular complexity index is 1000. The minimum atomic E-state index is -5.51. The van der Waals surface area contributed by atoms with Crippen molar-refractivity contribution < 1.29 is 68.1 Å². The van der Waals surface area contributed by atoms with E-state index in [4.69, 9.17) is 4.74 Å². The van der Waals surface area contributed by atoms with E-state index in [2.05, 4.69) is 14.5 Å². The fourth-order valence-electron chi connectivity index (χ4n) is 2.48. The molecule has 1 amide bonds. The number of ether oxygens (including phenoxy) is 3. The van der Waals surface area contributed by atoms with Gasteiger partial charge in [-0.25, -0.2) is 14.4 Å². The van der Waals surface area contributed by atoms with E-state index in [1.54, 1.807) is 0 Å². The van der Waals surface area contributed by atoms with Crippen LogP contribution in [0.3, 0.4) is 0 Å². The van der Waals surface area contributed by atoms with Crippen molar-refractivity contribution in [1.29, 1.82) is 0 Å². The Morgan fingerprint density at radius 1 is 1.03 bits per heavy atom. The first kappa shape index (κ1) is 26.9. The Balaban J connectivity index is 2.22. The Morgan fingerprint density at radius 2 is 1.62 bits per heavy atom. The normalized spacial score (nSPS) is 21.1. The van der Waals surface area contributed by atoms with E-state index in [9.17, 15) is 58.7 Å². The number of esters is 2. The predicted octanol–water partition coefficient (Wildman–Crippen LogP) is 1.61. The van der Waals surface area contributed by atoms with Gasteiger partial charge in [-0.15, -0.1) is 0 Å². The number of aromatic nitrogens is 2. The molecule has 190 valence electrons. The van der Waals surface area contributed by atoms with Gasteiger partial charge in [-0.05, 0) is 6.07 Å². The average Bonchev–Trinajstić information content (AvgIpc) is 3.06. The van der Waals surface area contributed by atoms with Crippen molar-refractivity contribution in [2.24, 2.45) is 0 Å². The summed E-state index contributed by atoms with van der Waals surface area (Å²) in [6.45, 7) is -1.34. The summed E-state index contributed by atoms with van der Waals surface area (Å²) in [7, 11) is 0. The van der Waals surface area contributed by atoms with Crippen molar-refractivity contribution >= 4 is 23.7 Å². The quantitative estimate of drug-likeness (QED) is 0.463. The van der Waals surface area contributed by atoms with Crippen molar-refractivity contribution in [2.45, 2.75) is 43.4 Å². The molecule has 34 heavy (non-hydrogen) atoms.